The third-order valence-corrected chi connectivity index (χ3v) is 7.28. The number of allylic oxidation sites excluding steroid dienone is 1. The molecule has 0 amide bonds. The first-order chi connectivity index (χ1) is 16.7. The Morgan fingerprint density at radius 2 is 1.83 bits per heavy atom. The average Bonchev–Trinajstić information content (AvgIpc) is 3.09. The van der Waals surface area contributed by atoms with Gasteiger partial charge in [-0.15, -0.1) is 0 Å². The second kappa shape index (κ2) is 10.8. The molecule has 2 heterocycles. The van der Waals surface area contributed by atoms with Gasteiger partial charge in [0.25, 0.3) is 0 Å². The van der Waals surface area contributed by atoms with E-state index in [0.717, 1.165) is 0 Å². The zero-order valence-electron chi connectivity index (χ0n) is 20.9. The number of carbonyl (C=O) groups is 1. The van der Waals surface area contributed by atoms with Crippen LogP contribution in [-0.2, 0) is 23.7 Å². The van der Waals surface area contributed by atoms with Crippen molar-refractivity contribution in [3.05, 3.63) is 23.8 Å². The second-order valence-corrected chi connectivity index (χ2v) is 10.5. The third kappa shape index (κ3) is 5.45. The summed E-state index contributed by atoms with van der Waals surface area (Å²) in [6.07, 6.45) is -6.47. The number of hydrogen-bond acceptors (Lipinski definition) is 12. The fourth-order valence-electron chi connectivity index (χ4n) is 4.77. The van der Waals surface area contributed by atoms with Gasteiger partial charge in [0.2, 0.25) is 0 Å². The van der Waals surface area contributed by atoms with E-state index in [-0.39, 0.29) is 12.2 Å². The van der Waals surface area contributed by atoms with Gasteiger partial charge in [-0.3, -0.25) is 4.79 Å². The molecule has 2 saturated heterocycles. The van der Waals surface area contributed by atoms with Crippen molar-refractivity contribution < 1.29 is 59.5 Å². The summed E-state index contributed by atoms with van der Waals surface area (Å²) < 4.78 is 22.3. The number of carbonyl (C=O) groups excluding carboxylic acids is 1. The first kappa shape index (κ1) is 29.3. The lowest BCUT2D eigenvalue weighted by Gasteiger charge is -2.44. The van der Waals surface area contributed by atoms with E-state index in [2.05, 4.69) is 0 Å². The van der Waals surface area contributed by atoms with Gasteiger partial charge < -0.3 is 54.7 Å². The van der Waals surface area contributed by atoms with Crippen LogP contribution in [0.2, 0.25) is 0 Å². The van der Waals surface area contributed by atoms with E-state index >= 15 is 0 Å². The minimum absolute atomic E-state index is 0.0810. The van der Waals surface area contributed by atoms with Gasteiger partial charge in [0.1, 0.15) is 41.7 Å². The highest BCUT2D eigenvalue weighted by Gasteiger charge is 2.53. The Morgan fingerprint density at radius 1 is 1.17 bits per heavy atom. The summed E-state index contributed by atoms with van der Waals surface area (Å²) in [5, 5.41) is 71.7. The zero-order valence-corrected chi connectivity index (χ0v) is 20.9. The van der Waals surface area contributed by atoms with Gasteiger partial charge in [0.05, 0.1) is 25.9 Å². The largest absolute Gasteiger partial charge is 0.394 e. The minimum Gasteiger partial charge on any atom is -0.394 e. The van der Waals surface area contributed by atoms with Gasteiger partial charge in [-0.25, -0.2) is 0 Å². The SMILES string of the molecule is CC1=CC(=O)CC(C)(C)[C@@]1(O)/C=C/[C@H](C)O[C@@H]1O[C@H](CO)[C@@H](O)[C@H](O)[C@H]1O[C@@H]1OC[C@](O)(CO)[C@H]1O. The van der Waals surface area contributed by atoms with Crippen LogP contribution in [0.15, 0.2) is 23.8 Å². The number of aliphatic hydroxyl groups excluding tert-OH is 5. The van der Waals surface area contributed by atoms with E-state index < -0.39 is 85.6 Å². The van der Waals surface area contributed by atoms with Crippen molar-refractivity contribution in [3.8, 4) is 0 Å². The molecule has 12 nitrogen and oxygen atoms in total. The van der Waals surface area contributed by atoms with Crippen LogP contribution in [0.3, 0.4) is 0 Å². The number of hydrogen-bond donors (Lipinski definition) is 7. The summed E-state index contributed by atoms with van der Waals surface area (Å²) in [4.78, 5) is 12.0. The molecule has 0 bridgehead atoms. The maximum absolute atomic E-state index is 12.0. The predicted molar refractivity (Wildman–Crippen MR) is 122 cm³/mol. The maximum Gasteiger partial charge on any atom is 0.187 e. The van der Waals surface area contributed by atoms with E-state index in [0.29, 0.717) is 5.57 Å². The molecular weight excluding hydrogens is 480 g/mol. The number of aliphatic hydroxyl groups is 7. The van der Waals surface area contributed by atoms with Gasteiger partial charge in [0, 0.05) is 11.8 Å². The Kier molecular flexibility index (Phi) is 8.80. The second-order valence-electron chi connectivity index (χ2n) is 10.5. The minimum atomic E-state index is -1.97. The first-order valence-corrected chi connectivity index (χ1v) is 11.9. The molecule has 1 aliphatic carbocycles. The van der Waals surface area contributed by atoms with Crippen LogP contribution in [0, 0.1) is 5.41 Å². The van der Waals surface area contributed by atoms with Crippen LogP contribution in [0.5, 0.6) is 0 Å². The fraction of sp³-hybridized carbons (Fsp3) is 0.792. The first-order valence-electron chi connectivity index (χ1n) is 11.9. The van der Waals surface area contributed by atoms with E-state index in [1.165, 1.54) is 12.2 Å². The molecule has 0 aromatic rings. The molecule has 0 saturated carbocycles. The van der Waals surface area contributed by atoms with Crippen molar-refractivity contribution in [2.24, 2.45) is 5.41 Å². The predicted octanol–water partition coefficient (Wildman–Crippen LogP) is -2.11. The van der Waals surface area contributed by atoms with Crippen molar-refractivity contribution in [2.45, 2.75) is 94.5 Å². The molecule has 206 valence electrons. The summed E-state index contributed by atoms with van der Waals surface area (Å²) in [6, 6.07) is 0. The van der Waals surface area contributed by atoms with Crippen molar-refractivity contribution in [1.29, 1.82) is 0 Å². The number of ether oxygens (including phenoxy) is 4. The van der Waals surface area contributed by atoms with Gasteiger partial charge in [-0.2, -0.15) is 0 Å². The number of rotatable bonds is 8. The lowest BCUT2D eigenvalue weighted by atomic mass is 9.64. The molecule has 2 fully saturated rings. The van der Waals surface area contributed by atoms with E-state index in [1.807, 2.05) is 0 Å². The van der Waals surface area contributed by atoms with Gasteiger partial charge in [-0.1, -0.05) is 19.9 Å². The van der Waals surface area contributed by atoms with Crippen molar-refractivity contribution in [3.63, 3.8) is 0 Å². The lowest BCUT2D eigenvalue weighted by Crippen LogP contribution is -2.62. The normalized spacial score (nSPS) is 44.1. The number of ketones is 1. The monoisotopic (exact) mass is 518 g/mol. The zero-order chi connectivity index (χ0) is 27.1. The molecule has 12 heteroatoms. The molecule has 0 spiro atoms. The van der Waals surface area contributed by atoms with E-state index in [1.54, 1.807) is 33.8 Å². The summed E-state index contributed by atoms with van der Waals surface area (Å²) in [6.45, 7) is 4.96. The van der Waals surface area contributed by atoms with Crippen LogP contribution < -0.4 is 0 Å². The lowest BCUT2D eigenvalue weighted by molar-refractivity contribution is -0.339. The standard InChI is InChI=1S/C24H38O12/c1-12-7-14(27)8-22(3,4)24(12,32)6-5-13(2)34-20-18(17(29)16(28)15(9-25)35-20)36-21-19(30)23(31,10-26)11-33-21/h5-7,13,15-21,25-26,28-32H,8-11H2,1-4H3/b6-5+/t13-,15+,16+,17-,18+,19-,20+,21-,23+,24+/m0/s1. The van der Waals surface area contributed by atoms with Crippen LogP contribution >= 0.6 is 0 Å². The molecule has 10 atom stereocenters. The van der Waals surface area contributed by atoms with Gasteiger partial charge in [0.15, 0.2) is 18.4 Å². The smallest absolute Gasteiger partial charge is 0.187 e. The highest BCUT2D eigenvalue weighted by Crippen LogP contribution is 2.44. The maximum atomic E-state index is 12.0. The van der Waals surface area contributed by atoms with Gasteiger partial charge in [-0.05, 0) is 31.6 Å². The molecule has 7 N–H and O–H groups in total. The van der Waals surface area contributed by atoms with Crippen LogP contribution in [0.1, 0.15) is 34.1 Å². The molecule has 0 radical (unpaired) electrons. The fourth-order valence-corrected chi connectivity index (χ4v) is 4.77. The van der Waals surface area contributed by atoms with Crippen LogP contribution in [0.4, 0.5) is 0 Å². The molecule has 3 aliphatic rings. The Hall–Kier alpha value is -1.29. The van der Waals surface area contributed by atoms with Crippen molar-refractivity contribution in [2.75, 3.05) is 19.8 Å². The molecule has 3 rings (SSSR count). The van der Waals surface area contributed by atoms with Gasteiger partial charge >= 0.3 is 0 Å². The topological polar surface area (TPSA) is 196 Å². The Balaban J connectivity index is 1.78. The average molecular weight is 519 g/mol. The molecule has 2 aliphatic heterocycles. The summed E-state index contributed by atoms with van der Waals surface area (Å²) >= 11 is 0. The van der Waals surface area contributed by atoms with Crippen molar-refractivity contribution in [1.82, 2.24) is 0 Å². The van der Waals surface area contributed by atoms with E-state index in [4.69, 9.17) is 18.9 Å². The molecule has 0 unspecified atom stereocenters. The third-order valence-electron chi connectivity index (χ3n) is 7.28. The van der Waals surface area contributed by atoms with Crippen molar-refractivity contribution >= 4 is 5.78 Å². The highest BCUT2D eigenvalue weighted by atomic mass is 16.8. The summed E-state index contributed by atoms with van der Waals surface area (Å²) in [5.74, 6) is -0.0810. The van der Waals surface area contributed by atoms with Crippen LogP contribution in [0.25, 0.3) is 0 Å². The summed E-state index contributed by atoms with van der Waals surface area (Å²) in [7, 11) is 0. The summed E-state index contributed by atoms with van der Waals surface area (Å²) in [5.41, 5.74) is -3.71. The molecule has 0 aromatic carbocycles. The Bertz CT molecular complexity index is 858. The quantitative estimate of drug-likeness (QED) is 0.173. The van der Waals surface area contributed by atoms with E-state index in [9.17, 15) is 40.5 Å². The molecule has 36 heavy (non-hydrogen) atoms. The Labute approximate surface area is 209 Å². The molecule has 0 aromatic heterocycles. The molecular formula is C24H38O12. The Morgan fingerprint density at radius 3 is 2.39 bits per heavy atom. The van der Waals surface area contributed by atoms with Crippen LogP contribution in [-0.4, -0.2) is 122 Å². The highest BCUT2D eigenvalue weighted by molar-refractivity contribution is 5.92.